The number of thiophene rings is 1. The molecule has 3 amide bonds. The van der Waals surface area contributed by atoms with Crippen molar-refractivity contribution in [2.75, 3.05) is 6.54 Å². The van der Waals surface area contributed by atoms with Gasteiger partial charge in [-0.2, -0.15) is 11.3 Å². The summed E-state index contributed by atoms with van der Waals surface area (Å²) in [5.41, 5.74) is 1.07. The Morgan fingerprint density at radius 1 is 1.48 bits per heavy atom. The zero-order valence-electron chi connectivity index (χ0n) is 12.6. The van der Waals surface area contributed by atoms with Gasteiger partial charge in [-0.15, -0.1) is 0 Å². The lowest BCUT2D eigenvalue weighted by molar-refractivity contribution is -0.136. The van der Waals surface area contributed by atoms with Gasteiger partial charge in [0.1, 0.15) is 6.04 Å². The summed E-state index contributed by atoms with van der Waals surface area (Å²) in [6.07, 6.45) is 3.27. The van der Waals surface area contributed by atoms with Crippen LogP contribution >= 0.6 is 11.3 Å². The number of piperidine rings is 1. The molecule has 1 saturated heterocycles. The molecule has 21 heavy (non-hydrogen) atoms. The zero-order chi connectivity index (χ0) is 15.2. The summed E-state index contributed by atoms with van der Waals surface area (Å²) in [4.78, 5) is 26.1. The van der Waals surface area contributed by atoms with Gasteiger partial charge >= 0.3 is 6.03 Å². The van der Waals surface area contributed by atoms with Crippen LogP contribution in [0.3, 0.4) is 0 Å². The van der Waals surface area contributed by atoms with Crippen LogP contribution in [0.5, 0.6) is 0 Å². The summed E-state index contributed by atoms with van der Waals surface area (Å²) in [6.45, 7) is 5.09. The van der Waals surface area contributed by atoms with Gasteiger partial charge in [0.2, 0.25) is 5.91 Å². The molecule has 2 rings (SSSR count). The van der Waals surface area contributed by atoms with Crippen LogP contribution in [0.25, 0.3) is 0 Å². The highest BCUT2D eigenvalue weighted by molar-refractivity contribution is 7.07. The maximum Gasteiger partial charge on any atom is 0.315 e. The summed E-state index contributed by atoms with van der Waals surface area (Å²) >= 11 is 1.60. The highest BCUT2D eigenvalue weighted by Crippen LogP contribution is 2.17. The Morgan fingerprint density at radius 2 is 2.29 bits per heavy atom. The Kier molecular flexibility index (Phi) is 5.61. The maximum absolute atomic E-state index is 12.4. The van der Waals surface area contributed by atoms with Gasteiger partial charge in [0, 0.05) is 19.1 Å². The Morgan fingerprint density at radius 3 is 2.95 bits per heavy atom. The van der Waals surface area contributed by atoms with Crippen molar-refractivity contribution in [1.82, 2.24) is 15.5 Å². The van der Waals surface area contributed by atoms with E-state index in [0.29, 0.717) is 6.54 Å². The minimum Gasteiger partial charge on any atom is -0.338 e. The highest BCUT2D eigenvalue weighted by atomic mass is 32.1. The van der Waals surface area contributed by atoms with Crippen molar-refractivity contribution in [3.05, 3.63) is 22.4 Å². The first kappa shape index (κ1) is 15.8. The molecule has 0 bridgehead atoms. The smallest absolute Gasteiger partial charge is 0.315 e. The molecule has 0 aromatic carbocycles. The molecular weight excluding hydrogens is 286 g/mol. The number of carbonyl (C=O) groups is 2. The van der Waals surface area contributed by atoms with E-state index in [2.05, 4.69) is 17.6 Å². The first-order valence-corrected chi connectivity index (χ1v) is 8.38. The van der Waals surface area contributed by atoms with E-state index in [1.165, 1.54) is 6.42 Å². The summed E-state index contributed by atoms with van der Waals surface area (Å²) in [6, 6.07) is 1.44. The molecule has 1 aliphatic rings. The first-order chi connectivity index (χ1) is 10.1. The number of urea groups is 1. The molecule has 0 saturated carbocycles. The SMILES string of the molecule is C[C@@H](NC(=O)NCc1ccsc1)C(=O)N1CCCC[C@@H]1C. The molecule has 5 nitrogen and oxygen atoms in total. The van der Waals surface area contributed by atoms with Gasteiger partial charge in [-0.25, -0.2) is 4.79 Å². The Bertz CT molecular complexity index is 475. The van der Waals surface area contributed by atoms with Gasteiger partial charge in [0.25, 0.3) is 0 Å². The second-order valence-electron chi connectivity index (χ2n) is 5.56. The van der Waals surface area contributed by atoms with Crippen molar-refractivity contribution in [3.63, 3.8) is 0 Å². The van der Waals surface area contributed by atoms with Crippen LogP contribution in [-0.4, -0.2) is 35.5 Å². The van der Waals surface area contributed by atoms with Crippen molar-refractivity contribution in [2.24, 2.45) is 0 Å². The molecule has 1 fully saturated rings. The molecule has 0 unspecified atom stereocenters. The number of amides is 3. The predicted octanol–water partition coefficient (Wildman–Crippen LogP) is 2.34. The minimum absolute atomic E-state index is 0.00730. The number of carbonyl (C=O) groups excluding carboxylic acids is 2. The van der Waals surface area contributed by atoms with Crippen molar-refractivity contribution in [1.29, 1.82) is 0 Å². The normalized spacial score (nSPS) is 19.9. The lowest BCUT2D eigenvalue weighted by atomic mass is 10.0. The Balaban J connectivity index is 1.78. The summed E-state index contributed by atoms with van der Waals surface area (Å²) in [5, 5.41) is 9.45. The average Bonchev–Trinajstić information content (AvgIpc) is 2.98. The van der Waals surface area contributed by atoms with Crippen molar-refractivity contribution >= 4 is 23.3 Å². The first-order valence-electron chi connectivity index (χ1n) is 7.44. The van der Waals surface area contributed by atoms with E-state index in [9.17, 15) is 9.59 Å². The average molecular weight is 309 g/mol. The lowest BCUT2D eigenvalue weighted by Crippen LogP contribution is -2.53. The monoisotopic (exact) mass is 309 g/mol. The van der Waals surface area contributed by atoms with E-state index in [1.807, 2.05) is 21.7 Å². The standard InChI is InChI=1S/C15H23N3O2S/c1-11-5-3-4-7-18(11)14(19)12(2)17-15(20)16-9-13-6-8-21-10-13/h6,8,10-12H,3-5,7,9H2,1-2H3,(H2,16,17,20)/t11-,12+/m0/s1. The number of nitrogens with zero attached hydrogens (tertiary/aromatic N) is 1. The fourth-order valence-electron chi connectivity index (χ4n) is 2.56. The Hall–Kier alpha value is -1.56. The number of hydrogen-bond acceptors (Lipinski definition) is 3. The molecule has 2 atom stereocenters. The topological polar surface area (TPSA) is 61.4 Å². The highest BCUT2D eigenvalue weighted by Gasteiger charge is 2.27. The van der Waals surface area contributed by atoms with Gasteiger partial charge in [-0.05, 0) is 55.5 Å². The van der Waals surface area contributed by atoms with Crippen LogP contribution in [0.1, 0.15) is 38.7 Å². The molecule has 116 valence electrons. The summed E-state index contributed by atoms with van der Waals surface area (Å²) in [7, 11) is 0. The molecular formula is C15H23N3O2S. The van der Waals surface area contributed by atoms with Crippen LogP contribution < -0.4 is 10.6 Å². The third kappa shape index (κ3) is 4.46. The van der Waals surface area contributed by atoms with Crippen LogP contribution in [0.15, 0.2) is 16.8 Å². The second kappa shape index (κ2) is 7.45. The second-order valence-corrected chi connectivity index (χ2v) is 6.34. The van der Waals surface area contributed by atoms with E-state index in [4.69, 9.17) is 0 Å². The lowest BCUT2D eigenvalue weighted by Gasteiger charge is -2.35. The molecule has 1 aliphatic heterocycles. The largest absolute Gasteiger partial charge is 0.338 e. The van der Waals surface area contributed by atoms with Crippen LogP contribution in [-0.2, 0) is 11.3 Å². The molecule has 6 heteroatoms. The van der Waals surface area contributed by atoms with Gasteiger partial charge in [-0.3, -0.25) is 4.79 Å². The zero-order valence-corrected chi connectivity index (χ0v) is 13.4. The summed E-state index contributed by atoms with van der Waals surface area (Å²) < 4.78 is 0. The number of nitrogens with one attached hydrogen (secondary N) is 2. The molecule has 1 aromatic rings. The maximum atomic E-state index is 12.4. The molecule has 1 aromatic heterocycles. The van der Waals surface area contributed by atoms with Gasteiger partial charge in [0.15, 0.2) is 0 Å². The van der Waals surface area contributed by atoms with Crippen molar-refractivity contribution < 1.29 is 9.59 Å². The van der Waals surface area contributed by atoms with E-state index < -0.39 is 6.04 Å². The third-order valence-electron chi connectivity index (χ3n) is 3.84. The van der Waals surface area contributed by atoms with Crippen molar-refractivity contribution in [3.8, 4) is 0 Å². The van der Waals surface area contributed by atoms with Crippen LogP contribution in [0, 0.1) is 0 Å². The van der Waals surface area contributed by atoms with Crippen molar-refractivity contribution in [2.45, 2.75) is 51.7 Å². The minimum atomic E-state index is -0.493. The van der Waals surface area contributed by atoms with E-state index >= 15 is 0 Å². The number of rotatable bonds is 4. The predicted molar refractivity (Wildman–Crippen MR) is 84.2 cm³/mol. The van der Waals surface area contributed by atoms with Crippen LogP contribution in [0.2, 0.25) is 0 Å². The van der Waals surface area contributed by atoms with E-state index in [0.717, 1.165) is 24.9 Å². The Labute approximate surface area is 129 Å². The fraction of sp³-hybridized carbons (Fsp3) is 0.600. The molecule has 0 radical (unpaired) electrons. The molecule has 0 aliphatic carbocycles. The fourth-order valence-corrected chi connectivity index (χ4v) is 3.23. The van der Waals surface area contributed by atoms with Gasteiger partial charge in [0.05, 0.1) is 0 Å². The molecule has 2 heterocycles. The number of likely N-dealkylation sites (tertiary alicyclic amines) is 1. The quantitative estimate of drug-likeness (QED) is 0.897. The van der Waals surface area contributed by atoms with Crippen LogP contribution in [0.4, 0.5) is 4.79 Å². The van der Waals surface area contributed by atoms with E-state index in [-0.39, 0.29) is 18.0 Å². The summed E-state index contributed by atoms with van der Waals surface area (Å²) in [5.74, 6) is 0.00730. The van der Waals surface area contributed by atoms with Gasteiger partial charge in [-0.1, -0.05) is 0 Å². The van der Waals surface area contributed by atoms with E-state index in [1.54, 1.807) is 18.3 Å². The number of hydrogen-bond donors (Lipinski definition) is 2. The third-order valence-corrected chi connectivity index (χ3v) is 4.57. The molecule has 0 spiro atoms. The van der Waals surface area contributed by atoms with Gasteiger partial charge < -0.3 is 15.5 Å². The molecule has 2 N–H and O–H groups in total.